The van der Waals surface area contributed by atoms with Gasteiger partial charge in [0.05, 0.1) is 17.5 Å². The highest BCUT2D eigenvalue weighted by Crippen LogP contribution is 2.40. The number of aromatic nitrogens is 2. The molecule has 1 aromatic heterocycles. The van der Waals surface area contributed by atoms with Crippen molar-refractivity contribution >= 4 is 16.9 Å². The minimum absolute atomic E-state index is 0.0705. The molecule has 0 aliphatic heterocycles. The second kappa shape index (κ2) is 6.71. The molecule has 1 heterocycles. The molecule has 4 heteroatoms. The van der Waals surface area contributed by atoms with Gasteiger partial charge in [-0.15, -0.1) is 0 Å². The lowest BCUT2D eigenvalue weighted by Crippen LogP contribution is -2.27. The number of carbonyl (C=O) groups is 1. The standard InChI is InChI=1S/C21H23N3O/c1-24-19-10-7-16(13-18(19)23-21(24)17-8-9-17)11-12-22-20(25)14-15-5-3-2-4-6-15/h2-7,10,13,17H,8-9,11-12,14H2,1H3,(H,22,25). The van der Waals surface area contributed by atoms with E-state index in [1.807, 2.05) is 30.3 Å². The molecule has 1 aliphatic carbocycles. The quantitative estimate of drug-likeness (QED) is 0.752. The van der Waals surface area contributed by atoms with Gasteiger partial charge in [0.1, 0.15) is 5.82 Å². The lowest BCUT2D eigenvalue weighted by atomic mass is 10.1. The van der Waals surface area contributed by atoms with Crippen molar-refractivity contribution < 1.29 is 4.79 Å². The average molecular weight is 333 g/mol. The first-order valence-corrected chi connectivity index (χ1v) is 8.96. The van der Waals surface area contributed by atoms with Gasteiger partial charge in [0.25, 0.3) is 0 Å². The van der Waals surface area contributed by atoms with Crippen LogP contribution in [-0.2, 0) is 24.7 Å². The maximum atomic E-state index is 12.0. The van der Waals surface area contributed by atoms with Crippen LogP contribution in [0.15, 0.2) is 48.5 Å². The molecule has 3 aromatic rings. The molecule has 1 saturated carbocycles. The van der Waals surface area contributed by atoms with Gasteiger partial charge in [0.2, 0.25) is 5.91 Å². The fourth-order valence-corrected chi connectivity index (χ4v) is 3.32. The molecule has 2 aromatic carbocycles. The normalized spacial score (nSPS) is 14.0. The zero-order valence-electron chi connectivity index (χ0n) is 14.5. The molecule has 1 N–H and O–H groups in total. The number of imidazole rings is 1. The van der Waals surface area contributed by atoms with E-state index in [1.165, 1.54) is 29.7 Å². The number of benzene rings is 2. The molecule has 0 spiro atoms. The lowest BCUT2D eigenvalue weighted by molar-refractivity contribution is -0.120. The van der Waals surface area contributed by atoms with Crippen LogP contribution in [0, 0.1) is 0 Å². The van der Waals surface area contributed by atoms with E-state index < -0.39 is 0 Å². The van der Waals surface area contributed by atoms with E-state index in [0.29, 0.717) is 18.9 Å². The molecule has 4 nitrogen and oxygen atoms in total. The molecule has 25 heavy (non-hydrogen) atoms. The van der Waals surface area contributed by atoms with Crippen molar-refractivity contribution in [2.75, 3.05) is 6.54 Å². The van der Waals surface area contributed by atoms with E-state index in [-0.39, 0.29) is 5.91 Å². The van der Waals surface area contributed by atoms with E-state index in [9.17, 15) is 4.79 Å². The number of amides is 1. The van der Waals surface area contributed by atoms with E-state index in [2.05, 4.69) is 35.1 Å². The molecule has 0 radical (unpaired) electrons. The van der Waals surface area contributed by atoms with E-state index in [0.717, 1.165) is 17.5 Å². The SMILES string of the molecule is Cn1c(C2CC2)nc2cc(CCNC(=O)Cc3ccccc3)ccc21. The van der Waals surface area contributed by atoms with Crippen molar-refractivity contribution in [1.29, 1.82) is 0 Å². The molecular formula is C21H23N3O. The number of nitrogens with one attached hydrogen (secondary N) is 1. The van der Waals surface area contributed by atoms with Crippen molar-refractivity contribution in [3.63, 3.8) is 0 Å². The smallest absolute Gasteiger partial charge is 0.224 e. The number of hydrogen-bond acceptors (Lipinski definition) is 2. The average Bonchev–Trinajstić information content (AvgIpc) is 3.40. The van der Waals surface area contributed by atoms with Crippen molar-refractivity contribution in [2.24, 2.45) is 7.05 Å². The van der Waals surface area contributed by atoms with E-state index in [4.69, 9.17) is 4.98 Å². The Bertz CT molecular complexity index is 894. The van der Waals surface area contributed by atoms with Crippen LogP contribution in [0.3, 0.4) is 0 Å². The number of rotatable bonds is 6. The number of nitrogens with zero attached hydrogens (tertiary/aromatic N) is 2. The Labute approximate surface area is 147 Å². The summed E-state index contributed by atoms with van der Waals surface area (Å²) in [6.45, 7) is 0.652. The summed E-state index contributed by atoms with van der Waals surface area (Å²) in [5, 5.41) is 3.01. The second-order valence-corrected chi connectivity index (χ2v) is 6.89. The molecule has 4 rings (SSSR count). The summed E-state index contributed by atoms with van der Waals surface area (Å²) in [7, 11) is 2.10. The van der Waals surface area contributed by atoms with Gasteiger partial charge in [-0.1, -0.05) is 36.4 Å². The summed E-state index contributed by atoms with van der Waals surface area (Å²) >= 11 is 0. The third kappa shape index (κ3) is 3.58. The monoisotopic (exact) mass is 333 g/mol. The van der Waals surface area contributed by atoms with Crippen LogP contribution in [0.1, 0.15) is 35.7 Å². The number of aryl methyl sites for hydroxylation is 1. The Morgan fingerprint density at radius 1 is 1.16 bits per heavy atom. The third-order valence-electron chi connectivity index (χ3n) is 4.87. The van der Waals surface area contributed by atoms with Gasteiger partial charge in [-0.25, -0.2) is 4.98 Å². The van der Waals surface area contributed by atoms with Gasteiger partial charge in [-0.2, -0.15) is 0 Å². The summed E-state index contributed by atoms with van der Waals surface area (Å²) in [6, 6.07) is 16.3. The highest BCUT2D eigenvalue weighted by molar-refractivity contribution is 5.79. The first kappa shape index (κ1) is 15.9. The fourth-order valence-electron chi connectivity index (χ4n) is 3.32. The lowest BCUT2D eigenvalue weighted by Gasteiger charge is -2.06. The largest absolute Gasteiger partial charge is 0.355 e. The van der Waals surface area contributed by atoms with Crippen molar-refractivity contribution in [1.82, 2.24) is 14.9 Å². The number of fused-ring (bicyclic) bond motifs is 1. The zero-order valence-corrected chi connectivity index (χ0v) is 14.5. The van der Waals surface area contributed by atoms with Crippen LogP contribution >= 0.6 is 0 Å². The second-order valence-electron chi connectivity index (χ2n) is 6.89. The maximum Gasteiger partial charge on any atom is 0.224 e. The van der Waals surface area contributed by atoms with Gasteiger partial charge < -0.3 is 9.88 Å². The summed E-state index contributed by atoms with van der Waals surface area (Å²) in [4.78, 5) is 16.8. The van der Waals surface area contributed by atoms with Gasteiger partial charge in [-0.05, 0) is 42.5 Å². The summed E-state index contributed by atoms with van der Waals surface area (Å²) in [6.07, 6.45) is 3.78. The molecule has 128 valence electrons. The Morgan fingerprint density at radius 3 is 2.72 bits per heavy atom. The van der Waals surface area contributed by atoms with Crippen molar-refractivity contribution in [3.05, 3.63) is 65.5 Å². The predicted molar refractivity (Wildman–Crippen MR) is 99.5 cm³/mol. The number of carbonyl (C=O) groups excluding carboxylic acids is 1. The summed E-state index contributed by atoms with van der Waals surface area (Å²) in [5.74, 6) is 1.93. The highest BCUT2D eigenvalue weighted by atomic mass is 16.1. The van der Waals surface area contributed by atoms with Gasteiger partial charge in [0.15, 0.2) is 0 Å². The van der Waals surface area contributed by atoms with Gasteiger partial charge in [0, 0.05) is 19.5 Å². The Balaban J connectivity index is 1.35. The fraction of sp³-hybridized carbons (Fsp3) is 0.333. The predicted octanol–water partition coefficient (Wildman–Crippen LogP) is 3.35. The Morgan fingerprint density at radius 2 is 1.96 bits per heavy atom. The summed E-state index contributed by atoms with van der Waals surface area (Å²) in [5.41, 5.74) is 4.52. The van der Waals surface area contributed by atoms with E-state index in [1.54, 1.807) is 0 Å². The van der Waals surface area contributed by atoms with Crippen molar-refractivity contribution in [3.8, 4) is 0 Å². The molecule has 1 aliphatic rings. The summed E-state index contributed by atoms with van der Waals surface area (Å²) < 4.78 is 2.22. The maximum absolute atomic E-state index is 12.0. The van der Waals surface area contributed by atoms with Gasteiger partial charge in [-0.3, -0.25) is 4.79 Å². The zero-order chi connectivity index (χ0) is 17.2. The van der Waals surface area contributed by atoms with Crippen LogP contribution in [0.2, 0.25) is 0 Å². The van der Waals surface area contributed by atoms with Crippen LogP contribution in [0.4, 0.5) is 0 Å². The molecule has 0 saturated heterocycles. The molecule has 0 atom stereocenters. The van der Waals surface area contributed by atoms with Crippen LogP contribution in [0.5, 0.6) is 0 Å². The van der Waals surface area contributed by atoms with Crippen molar-refractivity contribution in [2.45, 2.75) is 31.6 Å². The third-order valence-corrected chi connectivity index (χ3v) is 4.87. The Hall–Kier alpha value is -2.62. The van der Waals surface area contributed by atoms with E-state index >= 15 is 0 Å². The van der Waals surface area contributed by atoms with Gasteiger partial charge >= 0.3 is 0 Å². The minimum atomic E-state index is 0.0705. The topological polar surface area (TPSA) is 46.9 Å². The number of hydrogen-bond donors (Lipinski definition) is 1. The minimum Gasteiger partial charge on any atom is -0.355 e. The first-order valence-electron chi connectivity index (χ1n) is 8.96. The molecule has 0 unspecified atom stereocenters. The molecular weight excluding hydrogens is 310 g/mol. The molecule has 1 fully saturated rings. The molecule has 0 bridgehead atoms. The van der Waals surface area contributed by atoms with Crippen LogP contribution in [0.25, 0.3) is 11.0 Å². The van der Waals surface area contributed by atoms with Crippen LogP contribution < -0.4 is 5.32 Å². The molecule has 1 amide bonds. The highest BCUT2D eigenvalue weighted by Gasteiger charge is 2.28. The Kier molecular flexibility index (Phi) is 4.26. The first-order chi connectivity index (χ1) is 12.2. The van der Waals surface area contributed by atoms with Crippen LogP contribution in [-0.4, -0.2) is 22.0 Å².